The molecule has 0 bridgehead atoms. The van der Waals surface area contributed by atoms with Crippen molar-refractivity contribution in [3.05, 3.63) is 17.8 Å². The monoisotopic (exact) mass is 375 g/mol. The molecule has 0 spiro atoms. The molecule has 0 saturated carbocycles. The molecule has 4 heterocycles. The molecule has 8 heteroatoms. The second-order valence-electron chi connectivity index (χ2n) is 7.07. The van der Waals surface area contributed by atoms with Gasteiger partial charge in [-0.3, -0.25) is 4.79 Å². The number of hydrogen-bond acceptors (Lipinski definition) is 7. The van der Waals surface area contributed by atoms with Crippen LogP contribution in [0.3, 0.4) is 0 Å². The van der Waals surface area contributed by atoms with Crippen LogP contribution in [0.5, 0.6) is 0 Å². The highest BCUT2D eigenvalue weighted by Crippen LogP contribution is 2.33. The molecular weight excluding hydrogens is 350 g/mol. The van der Waals surface area contributed by atoms with E-state index in [1.165, 1.54) is 0 Å². The molecule has 0 aromatic carbocycles. The Bertz CT molecular complexity index is 760. The highest BCUT2D eigenvalue weighted by atomic mass is 32.1. The fourth-order valence-corrected chi connectivity index (χ4v) is 4.92. The average molecular weight is 375 g/mol. The van der Waals surface area contributed by atoms with Crippen molar-refractivity contribution in [1.29, 1.82) is 0 Å². The van der Waals surface area contributed by atoms with Gasteiger partial charge in [-0.05, 0) is 37.4 Å². The van der Waals surface area contributed by atoms with E-state index in [4.69, 9.17) is 4.74 Å². The van der Waals surface area contributed by atoms with E-state index in [-0.39, 0.29) is 11.3 Å². The van der Waals surface area contributed by atoms with Crippen LogP contribution in [0.15, 0.2) is 17.8 Å². The molecule has 1 N–H and O–H groups in total. The number of anilines is 1. The SMILES string of the molecule is COCC1(C(=O)N2CCN(c3ncnc4ccsc34)CC2)CCNCC1. The zero-order chi connectivity index (χ0) is 18.0. The summed E-state index contributed by atoms with van der Waals surface area (Å²) in [6, 6.07) is 2.02. The second kappa shape index (κ2) is 7.46. The first-order valence-electron chi connectivity index (χ1n) is 9.16. The summed E-state index contributed by atoms with van der Waals surface area (Å²) in [7, 11) is 1.69. The smallest absolute Gasteiger partial charge is 0.231 e. The van der Waals surface area contributed by atoms with Crippen molar-refractivity contribution in [3.63, 3.8) is 0 Å². The molecule has 0 atom stereocenters. The molecule has 2 saturated heterocycles. The standard InChI is InChI=1S/C18H25N5O2S/c1-25-12-18(3-5-19-6-4-18)17(24)23-9-7-22(8-10-23)16-15-14(2-11-26-15)20-13-21-16/h2,11,13,19H,3-10,12H2,1H3. The Morgan fingerprint density at radius 2 is 2.04 bits per heavy atom. The van der Waals surface area contributed by atoms with Gasteiger partial charge < -0.3 is 19.9 Å². The summed E-state index contributed by atoms with van der Waals surface area (Å²) in [6.07, 6.45) is 3.33. The third-order valence-electron chi connectivity index (χ3n) is 5.53. The molecule has 2 aliphatic rings. The van der Waals surface area contributed by atoms with E-state index in [2.05, 4.69) is 20.2 Å². The predicted octanol–water partition coefficient (Wildman–Crippen LogP) is 1.36. The maximum Gasteiger partial charge on any atom is 0.231 e. The van der Waals surface area contributed by atoms with Crippen molar-refractivity contribution in [3.8, 4) is 0 Å². The molecule has 0 aliphatic carbocycles. The third-order valence-corrected chi connectivity index (χ3v) is 6.43. The first-order valence-corrected chi connectivity index (χ1v) is 10.0. The van der Waals surface area contributed by atoms with Crippen LogP contribution in [-0.2, 0) is 9.53 Å². The van der Waals surface area contributed by atoms with Crippen LogP contribution < -0.4 is 10.2 Å². The number of nitrogens with one attached hydrogen (secondary N) is 1. The van der Waals surface area contributed by atoms with Crippen LogP contribution >= 0.6 is 11.3 Å². The Labute approximate surface area is 157 Å². The summed E-state index contributed by atoms with van der Waals surface area (Å²) < 4.78 is 6.55. The lowest BCUT2D eigenvalue weighted by atomic mass is 9.78. The number of fused-ring (bicyclic) bond motifs is 1. The Hall–Kier alpha value is -1.77. The number of rotatable bonds is 4. The zero-order valence-electron chi connectivity index (χ0n) is 15.1. The van der Waals surface area contributed by atoms with Gasteiger partial charge in [0.25, 0.3) is 0 Å². The quantitative estimate of drug-likeness (QED) is 0.870. The van der Waals surface area contributed by atoms with Gasteiger partial charge in [0.05, 0.1) is 22.2 Å². The summed E-state index contributed by atoms with van der Waals surface area (Å²) in [6.45, 7) is 5.34. The minimum atomic E-state index is -0.363. The van der Waals surface area contributed by atoms with Gasteiger partial charge in [0.15, 0.2) is 0 Å². The number of aromatic nitrogens is 2. The van der Waals surface area contributed by atoms with Crippen molar-refractivity contribution < 1.29 is 9.53 Å². The van der Waals surface area contributed by atoms with Gasteiger partial charge in [0.2, 0.25) is 5.91 Å². The lowest BCUT2D eigenvalue weighted by Crippen LogP contribution is -2.56. The van der Waals surface area contributed by atoms with E-state index in [9.17, 15) is 4.79 Å². The maximum absolute atomic E-state index is 13.3. The molecule has 26 heavy (non-hydrogen) atoms. The first kappa shape index (κ1) is 17.6. The van der Waals surface area contributed by atoms with Crippen molar-refractivity contribution in [1.82, 2.24) is 20.2 Å². The normalized spacial score (nSPS) is 20.5. The van der Waals surface area contributed by atoms with Crippen LogP contribution in [0.25, 0.3) is 10.2 Å². The lowest BCUT2D eigenvalue weighted by Gasteiger charge is -2.43. The summed E-state index contributed by atoms with van der Waals surface area (Å²) in [5.74, 6) is 1.25. The summed E-state index contributed by atoms with van der Waals surface area (Å²) in [4.78, 5) is 26.4. The fourth-order valence-electron chi connectivity index (χ4n) is 4.06. The summed E-state index contributed by atoms with van der Waals surface area (Å²) >= 11 is 1.67. The van der Waals surface area contributed by atoms with Crippen molar-refractivity contribution in [2.75, 3.05) is 57.9 Å². The number of thiophene rings is 1. The van der Waals surface area contributed by atoms with E-state index >= 15 is 0 Å². The number of ether oxygens (including phenoxy) is 1. The molecule has 1 amide bonds. The van der Waals surface area contributed by atoms with Gasteiger partial charge in [0.1, 0.15) is 12.1 Å². The highest BCUT2D eigenvalue weighted by Gasteiger charge is 2.42. The Kier molecular flexibility index (Phi) is 5.06. The summed E-state index contributed by atoms with van der Waals surface area (Å²) in [5, 5.41) is 5.40. The molecule has 0 radical (unpaired) electrons. The molecule has 140 valence electrons. The largest absolute Gasteiger partial charge is 0.384 e. The summed E-state index contributed by atoms with van der Waals surface area (Å²) in [5.41, 5.74) is 0.630. The zero-order valence-corrected chi connectivity index (χ0v) is 15.9. The van der Waals surface area contributed by atoms with Crippen molar-refractivity contribution in [2.24, 2.45) is 5.41 Å². The number of piperidine rings is 1. The van der Waals surface area contributed by atoms with Crippen LogP contribution in [-0.4, -0.2) is 73.8 Å². The predicted molar refractivity (Wildman–Crippen MR) is 103 cm³/mol. The van der Waals surface area contributed by atoms with Gasteiger partial charge in [0, 0.05) is 33.3 Å². The highest BCUT2D eigenvalue weighted by molar-refractivity contribution is 7.17. The second-order valence-corrected chi connectivity index (χ2v) is 7.99. The van der Waals surface area contributed by atoms with Crippen molar-refractivity contribution >= 4 is 33.3 Å². The minimum Gasteiger partial charge on any atom is -0.384 e. The van der Waals surface area contributed by atoms with Gasteiger partial charge in [-0.25, -0.2) is 9.97 Å². The van der Waals surface area contributed by atoms with Crippen LogP contribution in [0.1, 0.15) is 12.8 Å². The minimum absolute atomic E-state index is 0.254. The van der Waals surface area contributed by atoms with Gasteiger partial charge in [-0.2, -0.15) is 0 Å². The van der Waals surface area contributed by atoms with E-state index in [0.717, 1.165) is 68.1 Å². The molecule has 2 aliphatic heterocycles. The molecule has 7 nitrogen and oxygen atoms in total. The number of piperazine rings is 1. The molecule has 2 fully saturated rings. The molecule has 0 unspecified atom stereocenters. The Balaban J connectivity index is 1.46. The van der Waals surface area contributed by atoms with Gasteiger partial charge in [-0.15, -0.1) is 11.3 Å². The lowest BCUT2D eigenvalue weighted by molar-refractivity contribution is -0.147. The van der Waals surface area contributed by atoms with Gasteiger partial charge >= 0.3 is 0 Å². The van der Waals surface area contributed by atoms with Crippen molar-refractivity contribution in [2.45, 2.75) is 12.8 Å². The Morgan fingerprint density at radius 1 is 1.27 bits per heavy atom. The van der Waals surface area contributed by atoms with Crippen LogP contribution in [0.2, 0.25) is 0 Å². The molecule has 2 aromatic heterocycles. The molecular formula is C18H25N5O2S. The number of carbonyl (C=O) groups is 1. The van der Waals surface area contributed by atoms with Gasteiger partial charge in [-0.1, -0.05) is 0 Å². The van der Waals surface area contributed by atoms with E-state index in [0.29, 0.717) is 6.61 Å². The third kappa shape index (κ3) is 3.17. The molecule has 2 aromatic rings. The first-order chi connectivity index (χ1) is 12.7. The Morgan fingerprint density at radius 3 is 2.77 bits per heavy atom. The van der Waals surface area contributed by atoms with Crippen LogP contribution in [0, 0.1) is 5.41 Å². The number of hydrogen-bond donors (Lipinski definition) is 1. The topological polar surface area (TPSA) is 70.6 Å². The van der Waals surface area contributed by atoms with E-state index in [1.54, 1.807) is 24.8 Å². The van der Waals surface area contributed by atoms with E-state index in [1.807, 2.05) is 16.3 Å². The number of carbonyl (C=O) groups excluding carboxylic acids is 1. The number of amides is 1. The fraction of sp³-hybridized carbons (Fsp3) is 0.611. The number of nitrogens with zero attached hydrogens (tertiary/aromatic N) is 4. The maximum atomic E-state index is 13.3. The van der Waals surface area contributed by atoms with E-state index < -0.39 is 0 Å². The molecule has 4 rings (SSSR count). The average Bonchev–Trinajstić information content (AvgIpc) is 3.17. The number of methoxy groups -OCH3 is 1. The van der Waals surface area contributed by atoms with Crippen LogP contribution in [0.4, 0.5) is 5.82 Å².